The summed E-state index contributed by atoms with van der Waals surface area (Å²) in [5, 5.41) is 67.8. The third kappa shape index (κ3) is 13.9. The zero-order valence-electron chi connectivity index (χ0n) is 42.3. The molecule has 29 nitrogen and oxygen atoms in total. The molecule has 15 atom stereocenters. The van der Waals surface area contributed by atoms with E-state index in [1.807, 2.05) is 11.9 Å². The number of aliphatic imine (C=N–C) groups is 1. The van der Waals surface area contributed by atoms with Gasteiger partial charge in [0.15, 0.2) is 18.5 Å². The summed E-state index contributed by atoms with van der Waals surface area (Å²) in [5.41, 5.74) is 9.99. The van der Waals surface area contributed by atoms with E-state index in [0.29, 0.717) is 12.8 Å². The molecular formula is C45H74N12O17. The Morgan fingerprint density at radius 3 is 2.24 bits per heavy atom. The van der Waals surface area contributed by atoms with Crippen molar-refractivity contribution in [3.63, 3.8) is 0 Å². The molecule has 7 amide bonds. The number of methoxy groups -OCH3 is 1. The van der Waals surface area contributed by atoms with Crippen molar-refractivity contribution in [2.45, 2.75) is 165 Å². The van der Waals surface area contributed by atoms with Crippen LogP contribution in [0.4, 0.5) is 9.59 Å². The van der Waals surface area contributed by atoms with Gasteiger partial charge < -0.3 is 87.4 Å². The summed E-state index contributed by atoms with van der Waals surface area (Å²) < 4.78 is 24.8. The molecule has 0 bridgehead atoms. The number of nitrogens with one attached hydrogen (secondary N) is 6. The number of aromatic amines is 1. The van der Waals surface area contributed by atoms with E-state index in [1.54, 1.807) is 27.7 Å². The van der Waals surface area contributed by atoms with Gasteiger partial charge in [0.2, 0.25) is 11.8 Å². The van der Waals surface area contributed by atoms with Crippen molar-refractivity contribution in [2.24, 2.45) is 28.3 Å². The second kappa shape index (κ2) is 26.6. The number of guanidine groups is 1. The van der Waals surface area contributed by atoms with E-state index in [9.17, 15) is 63.9 Å². The first-order valence-corrected chi connectivity index (χ1v) is 24.9. The zero-order valence-corrected chi connectivity index (χ0v) is 42.3. The largest absolute Gasteiger partial charge is 0.480 e. The third-order valence-corrected chi connectivity index (χ3v) is 13.4. The molecule has 5 rings (SSSR count). The molecule has 416 valence electrons. The van der Waals surface area contributed by atoms with Crippen LogP contribution >= 0.6 is 0 Å². The van der Waals surface area contributed by atoms with Crippen LogP contribution in [0.15, 0.2) is 26.8 Å². The summed E-state index contributed by atoms with van der Waals surface area (Å²) >= 11 is 0. The predicted molar refractivity (Wildman–Crippen MR) is 259 cm³/mol. The maximum atomic E-state index is 14.7. The highest BCUT2D eigenvalue weighted by Gasteiger charge is 2.59. The number of H-pyrrole nitrogens is 1. The normalized spacial score (nSPS) is 28.1. The van der Waals surface area contributed by atoms with E-state index in [4.69, 9.17) is 30.4 Å². The minimum Gasteiger partial charge on any atom is -0.480 e. The van der Waals surface area contributed by atoms with Gasteiger partial charge in [-0.2, -0.15) is 0 Å². The Morgan fingerprint density at radius 2 is 1.64 bits per heavy atom. The summed E-state index contributed by atoms with van der Waals surface area (Å²) in [5.74, 6) is -5.15. The van der Waals surface area contributed by atoms with Crippen molar-refractivity contribution in [2.75, 3.05) is 39.8 Å². The molecule has 0 aliphatic carbocycles. The molecule has 3 fully saturated rings. The Balaban J connectivity index is 1.42. The van der Waals surface area contributed by atoms with Crippen LogP contribution in [0.2, 0.25) is 0 Å². The zero-order chi connectivity index (χ0) is 54.7. The summed E-state index contributed by atoms with van der Waals surface area (Å²) in [6.45, 7) is 7.70. The van der Waals surface area contributed by atoms with E-state index in [2.05, 4.69) is 31.6 Å². The van der Waals surface area contributed by atoms with Crippen LogP contribution in [-0.2, 0) is 38.1 Å². The summed E-state index contributed by atoms with van der Waals surface area (Å²) in [6, 6.07) is -7.82. The van der Waals surface area contributed by atoms with Crippen LogP contribution in [0.5, 0.6) is 0 Å². The molecule has 1 aromatic rings. The number of ether oxygens (including phenoxy) is 4. The number of aliphatic carboxylic acids is 1. The van der Waals surface area contributed by atoms with E-state index >= 15 is 0 Å². The van der Waals surface area contributed by atoms with Crippen molar-refractivity contribution in [3.05, 3.63) is 33.1 Å². The fraction of sp³-hybridized carbons (Fsp3) is 0.756. The number of carboxylic acids is 1. The van der Waals surface area contributed by atoms with Crippen LogP contribution in [0.25, 0.3) is 0 Å². The molecule has 4 aliphatic heterocycles. The highest BCUT2D eigenvalue weighted by molar-refractivity contribution is 6.04. The topological polar surface area (TPSA) is 426 Å². The molecule has 29 heteroatoms. The van der Waals surface area contributed by atoms with Gasteiger partial charge in [-0.1, -0.05) is 53.9 Å². The summed E-state index contributed by atoms with van der Waals surface area (Å²) in [4.78, 5) is 115. The number of carboxylic acid groups (broad SMARTS) is 1. The number of amides is 7. The average Bonchev–Trinajstić information content (AvgIpc) is 3.91. The van der Waals surface area contributed by atoms with Crippen LogP contribution in [-0.4, -0.2) is 212 Å². The Bertz CT molecular complexity index is 2270. The number of hydrogen-bond donors (Lipinski definition) is 13. The predicted octanol–water partition coefficient (Wildman–Crippen LogP) is -4.72. The molecule has 0 spiro atoms. The molecule has 4 aliphatic rings. The number of aromatic nitrogens is 2. The molecule has 0 aromatic carbocycles. The number of unbranched alkanes of at least 4 members (excludes halogenated alkanes) is 3. The summed E-state index contributed by atoms with van der Waals surface area (Å²) in [6.07, 6.45) is -11.7. The number of carbonyl (C=O) groups excluding carboxylic acids is 5. The number of nitrogens with zero attached hydrogens (tertiary/aromatic N) is 4. The van der Waals surface area contributed by atoms with Gasteiger partial charge in [0.25, 0.3) is 11.5 Å². The van der Waals surface area contributed by atoms with E-state index in [-0.39, 0.29) is 51.5 Å². The fourth-order valence-corrected chi connectivity index (χ4v) is 9.25. The van der Waals surface area contributed by atoms with Crippen LogP contribution in [0.3, 0.4) is 0 Å². The first-order valence-electron chi connectivity index (χ1n) is 24.9. The molecular weight excluding hydrogens is 981 g/mol. The molecule has 0 saturated carbocycles. The number of hydrogen-bond acceptors (Lipinski definition) is 20. The van der Waals surface area contributed by atoms with E-state index in [1.165, 1.54) is 7.11 Å². The molecule has 15 N–H and O–H groups in total. The van der Waals surface area contributed by atoms with Gasteiger partial charge in [-0.25, -0.2) is 19.2 Å². The highest BCUT2D eigenvalue weighted by Crippen LogP contribution is 2.38. The minimum absolute atomic E-state index is 0.0333. The SMILES string of the molecule is CCCCCCN1C(=O)C([C@@H](OC2O[C@H](CN)[C@H](O)[C@H]2OC)[C@H]2O[C@@H](n3ccc(=O)[nH]c3=O)[C@H](O)[C@@H]2O)N(CCCNC(=O)C(NC(=O)C(NC(=O)NC(C(=O)O)C(C)C)C2CCN=C(N)N2)C(O)C(C)C)C1=O. The third-order valence-electron chi connectivity index (χ3n) is 13.4. The van der Waals surface area contributed by atoms with Gasteiger partial charge in [0.05, 0.1) is 12.1 Å². The van der Waals surface area contributed by atoms with Crippen molar-refractivity contribution < 1.29 is 73.2 Å². The smallest absolute Gasteiger partial charge is 0.330 e. The first-order chi connectivity index (χ1) is 35.1. The second-order valence-electron chi connectivity index (χ2n) is 19.4. The Kier molecular flexibility index (Phi) is 21.3. The number of aliphatic hydroxyl groups is 4. The van der Waals surface area contributed by atoms with Gasteiger partial charge in [-0.05, 0) is 31.1 Å². The molecule has 3 saturated heterocycles. The molecule has 5 heterocycles. The van der Waals surface area contributed by atoms with Crippen LogP contribution in [0, 0.1) is 11.8 Å². The molecule has 7 unspecified atom stereocenters. The summed E-state index contributed by atoms with van der Waals surface area (Å²) in [7, 11) is 1.25. The van der Waals surface area contributed by atoms with Gasteiger partial charge in [-0.3, -0.25) is 38.6 Å². The van der Waals surface area contributed by atoms with Crippen molar-refractivity contribution in [1.29, 1.82) is 0 Å². The Labute approximate surface area is 426 Å². The van der Waals surface area contributed by atoms with Crippen molar-refractivity contribution >= 4 is 41.7 Å². The van der Waals surface area contributed by atoms with Crippen LogP contribution in [0.1, 0.15) is 79.4 Å². The number of urea groups is 2. The van der Waals surface area contributed by atoms with Crippen molar-refractivity contribution in [3.8, 4) is 0 Å². The number of aliphatic hydroxyl groups excluding tert-OH is 4. The van der Waals surface area contributed by atoms with Gasteiger partial charge in [-0.15, -0.1) is 0 Å². The fourth-order valence-electron chi connectivity index (χ4n) is 9.25. The van der Waals surface area contributed by atoms with Crippen LogP contribution < -0.4 is 49.3 Å². The van der Waals surface area contributed by atoms with E-state index < -0.39 is 150 Å². The monoisotopic (exact) mass is 1050 g/mol. The van der Waals surface area contributed by atoms with Gasteiger partial charge in [0.1, 0.15) is 66.9 Å². The highest BCUT2D eigenvalue weighted by atomic mass is 16.7. The lowest BCUT2D eigenvalue weighted by atomic mass is 9.97. The number of nitrogens with two attached hydrogens (primary N) is 2. The minimum atomic E-state index is -1.92. The number of carbonyl (C=O) groups is 6. The Hall–Kier alpha value is -5.79. The van der Waals surface area contributed by atoms with E-state index in [0.717, 1.165) is 39.5 Å². The van der Waals surface area contributed by atoms with Gasteiger partial charge >= 0.3 is 23.7 Å². The maximum Gasteiger partial charge on any atom is 0.330 e. The molecule has 1 aromatic heterocycles. The molecule has 74 heavy (non-hydrogen) atoms. The lowest BCUT2D eigenvalue weighted by molar-refractivity contribution is -0.233. The standard InChI is InChI=1S/C45H74N12O17/c1-7-8-9-10-16-56-38(65)28(33(74-41-35(71-6)30(60)23(19-46)72-41)34-31(61)32(62)39(73-34)57-18-13-24(58)51-44(57)69)55(45(56)70)17-11-14-48-36(63)27(29(59)21(4)5)52-37(64)26(22-12-15-49-42(47)50-22)54-43(68)53-25(20(2)3)40(66)67/h13,18,20-23,25-35,39,41,59-62H,7-12,14-17,19,46H2,1-6H3,(H,48,63)(H,52,64)(H,66,67)(H3,47,49,50)(H,51,58,69)(H2,53,54,68)/t22?,23-,25?,26?,27?,28?,29?,30+,31+,32-,33-,34+,35-,39-,41?/m1/s1. The van der Waals surface area contributed by atoms with Crippen molar-refractivity contribution in [1.82, 2.24) is 45.9 Å². The maximum absolute atomic E-state index is 14.7. The Morgan fingerprint density at radius 1 is 0.919 bits per heavy atom. The van der Waals surface area contributed by atoms with Gasteiger partial charge in [0, 0.05) is 52.1 Å². The number of imide groups is 1. The molecule has 0 radical (unpaired) electrons. The first kappa shape index (κ1) is 59.1. The second-order valence-corrected chi connectivity index (χ2v) is 19.4. The number of rotatable bonds is 26. The lowest BCUT2D eigenvalue weighted by Crippen LogP contribution is -2.66. The quantitative estimate of drug-likeness (QED) is 0.0306. The lowest BCUT2D eigenvalue weighted by Gasteiger charge is -2.36. The average molecular weight is 1060 g/mol.